The van der Waals surface area contributed by atoms with Crippen molar-refractivity contribution in [2.45, 2.75) is 24.0 Å². The predicted molar refractivity (Wildman–Crippen MR) is 102 cm³/mol. The van der Waals surface area contributed by atoms with Crippen LogP contribution in [0.25, 0.3) is 5.65 Å². The molecule has 0 saturated carbocycles. The minimum absolute atomic E-state index is 0.122. The van der Waals surface area contributed by atoms with Gasteiger partial charge < -0.3 is 15.5 Å². The minimum Gasteiger partial charge on any atom is -0.390 e. The molecule has 0 unspecified atom stereocenters. The van der Waals surface area contributed by atoms with Gasteiger partial charge in [0.1, 0.15) is 11.0 Å². The van der Waals surface area contributed by atoms with E-state index >= 15 is 0 Å². The molecule has 3 heterocycles. The van der Waals surface area contributed by atoms with E-state index < -0.39 is 23.3 Å². The molecule has 1 aliphatic rings. The van der Waals surface area contributed by atoms with E-state index in [9.17, 15) is 14.6 Å². The lowest BCUT2D eigenvalue weighted by atomic mass is 10.1. The maximum absolute atomic E-state index is 13.9. The molecule has 3 atom stereocenters. The van der Waals surface area contributed by atoms with Gasteiger partial charge in [-0.25, -0.2) is 9.37 Å². The molecule has 142 valence electrons. The zero-order valence-corrected chi connectivity index (χ0v) is 16.0. The molecular formula is C16H14Cl2FN5O2S. The molecule has 4 rings (SSSR count). The fraction of sp³-hybridized carbons (Fsp3) is 0.312. The molecule has 1 fully saturated rings. The third-order valence-electron chi connectivity index (χ3n) is 4.25. The summed E-state index contributed by atoms with van der Waals surface area (Å²) in [5.74, 6) is 0.782. The fourth-order valence-corrected chi connectivity index (χ4v) is 4.55. The number of thioether (sulfide) groups is 1. The standard InChI is InChI=1S/C16H14Cl2FN5O2S/c17-8-1-2-9(19)7(3-8)4-20-14-16-23-22-15(24(16)5-11(18)21-14)13-12(26)10(25)6-27-13/h1-3,5,10,12-13,25-26H,4,6H2,(H,20,21)/t10-,12-,13-/m1/s1. The summed E-state index contributed by atoms with van der Waals surface area (Å²) in [6.45, 7) is 0.122. The number of aliphatic hydroxyl groups is 2. The average molecular weight is 430 g/mol. The molecule has 1 aromatic carbocycles. The number of hydrogen-bond acceptors (Lipinski definition) is 7. The molecule has 0 aliphatic carbocycles. The van der Waals surface area contributed by atoms with Crippen LogP contribution in [0.5, 0.6) is 0 Å². The van der Waals surface area contributed by atoms with E-state index in [4.69, 9.17) is 23.2 Å². The molecule has 7 nitrogen and oxygen atoms in total. The Labute approximate surface area is 167 Å². The van der Waals surface area contributed by atoms with Crippen molar-refractivity contribution in [2.75, 3.05) is 11.1 Å². The lowest BCUT2D eigenvalue weighted by Crippen LogP contribution is -2.25. The van der Waals surface area contributed by atoms with Crippen molar-refractivity contribution >= 4 is 46.4 Å². The number of fused-ring (bicyclic) bond motifs is 1. The normalized spacial score (nSPS) is 22.5. The third kappa shape index (κ3) is 3.57. The number of benzene rings is 1. The summed E-state index contributed by atoms with van der Waals surface area (Å²) < 4.78 is 15.5. The second-order valence-corrected chi connectivity index (χ2v) is 8.06. The maximum atomic E-state index is 13.9. The molecule has 1 saturated heterocycles. The van der Waals surface area contributed by atoms with Crippen LogP contribution in [0.1, 0.15) is 16.6 Å². The molecule has 27 heavy (non-hydrogen) atoms. The van der Waals surface area contributed by atoms with Gasteiger partial charge in [0, 0.05) is 29.1 Å². The summed E-state index contributed by atoms with van der Waals surface area (Å²) in [4.78, 5) is 4.20. The molecule has 0 spiro atoms. The van der Waals surface area contributed by atoms with E-state index in [1.165, 1.54) is 36.2 Å². The first-order valence-corrected chi connectivity index (χ1v) is 9.81. The van der Waals surface area contributed by atoms with Gasteiger partial charge in [-0.1, -0.05) is 23.2 Å². The van der Waals surface area contributed by atoms with Crippen molar-refractivity contribution < 1.29 is 14.6 Å². The van der Waals surface area contributed by atoms with Crippen LogP contribution in [0.4, 0.5) is 10.2 Å². The zero-order valence-electron chi connectivity index (χ0n) is 13.7. The quantitative estimate of drug-likeness (QED) is 0.586. The Morgan fingerprint density at radius 1 is 1.30 bits per heavy atom. The van der Waals surface area contributed by atoms with Gasteiger partial charge >= 0.3 is 0 Å². The monoisotopic (exact) mass is 429 g/mol. The Morgan fingerprint density at radius 3 is 2.85 bits per heavy atom. The largest absolute Gasteiger partial charge is 0.390 e. The van der Waals surface area contributed by atoms with Gasteiger partial charge in [-0.2, -0.15) is 0 Å². The van der Waals surface area contributed by atoms with Gasteiger partial charge in [-0.15, -0.1) is 22.0 Å². The molecule has 3 N–H and O–H groups in total. The fourth-order valence-electron chi connectivity index (χ4n) is 2.88. The Hall–Kier alpha value is -1.65. The van der Waals surface area contributed by atoms with Crippen LogP contribution >= 0.6 is 35.0 Å². The first kappa shape index (κ1) is 18.7. The van der Waals surface area contributed by atoms with Crippen molar-refractivity contribution in [2.24, 2.45) is 0 Å². The van der Waals surface area contributed by atoms with E-state index in [2.05, 4.69) is 20.5 Å². The van der Waals surface area contributed by atoms with Crippen LogP contribution in [0.3, 0.4) is 0 Å². The SMILES string of the molecule is O[C@@H]1[C@H](O)CS[C@H]1c1nnc2c(NCc3cc(Cl)ccc3F)nc(Cl)cn12. The highest BCUT2D eigenvalue weighted by atomic mass is 35.5. The molecule has 0 amide bonds. The van der Waals surface area contributed by atoms with Crippen molar-refractivity contribution in [3.8, 4) is 0 Å². The van der Waals surface area contributed by atoms with Gasteiger partial charge in [0.25, 0.3) is 0 Å². The highest BCUT2D eigenvalue weighted by Crippen LogP contribution is 2.40. The predicted octanol–water partition coefficient (Wildman–Crippen LogP) is 2.69. The number of aliphatic hydroxyl groups excluding tert-OH is 2. The maximum Gasteiger partial charge on any atom is 0.203 e. The first-order valence-electron chi connectivity index (χ1n) is 8.00. The van der Waals surface area contributed by atoms with Gasteiger partial charge in [-0.05, 0) is 18.2 Å². The summed E-state index contributed by atoms with van der Waals surface area (Å²) in [6, 6.07) is 4.29. The van der Waals surface area contributed by atoms with Gasteiger partial charge in [0.05, 0.1) is 17.5 Å². The highest BCUT2D eigenvalue weighted by Gasteiger charge is 2.38. The molecule has 11 heteroatoms. The molecule has 1 aliphatic heterocycles. The van der Waals surface area contributed by atoms with Crippen LogP contribution in [-0.4, -0.2) is 47.8 Å². The summed E-state index contributed by atoms with van der Waals surface area (Å²) in [5.41, 5.74) is 0.748. The molecule has 0 radical (unpaired) electrons. The van der Waals surface area contributed by atoms with E-state index in [1.54, 1.807) is 4.40 Å². The van der Waals surface area contributed by atoms with Crippen LogP contribution < -0.4 is 5.32 Å². The number of hydrogen-bond donors (Lipinski definition) is 3. The smallest absolute Gasteiger partial charge is 0.203 e. The number of nitrogens with one attached hydrogen (secondary N) is 1. The Morgan fingerprint density at radius 2 is 2.11 bits per heavy atom. The molecule has 2 aromatic heterocycles. The minimum atomic E-state index is -0.952. The van der Waals surface area contributed by atoms with Gasteiger partial charge in [0.15, 0.2) is 11.6 Å². The number of halogens is 3. The number of rotatable bonds is 4. The Kier molecular flexibility index (Phi) is 5.13. The van der Waals surface area contributed by atoms with Crippen LogP contribution in [0.2, 0.25) is 10.2 Å². The van der Waals surface area contributed by atoms with Crippen molar-refractivity contribution in [1.82, 2.24) is 19.6 Å². The van der Waals surface area contributed by atoms with E-state index in [0.717, 1.165) is 0 Å². The lowest BCUT2D eigenvalue weighted by Gasteiger charge is -2.14. The molecular weight excluding hydrogens is 416 g/mol. The van der Waals surface area contributed by atoms with Crippen molar-refractivity contribution in [3.63, 3.8) is 0 Å². The molecule has 3 aromatic rings. The van der Waals surface area contributed by atoms with Crippen LogP contribution in [0, 0.1) is 5.82 Å². The average Bonchev–Trinajstić information content (AvgIpc) is 3.19. The van der Waals surface area contributed by atoms with Crippen LogP contribution in [0.15, 0.2) is 24.4 Å². The second kappa shape index (κ2) is 7.40. The lowest BCUT2D eigenvalue weighted by molar-refractivity contribution is 0.0404. The zero-order chi connectivity index (χ0) is 19.1. The number of aromatic nitrogens is 4. The second-order valence-electron chi connectivity index (χ2n) is 6.07. The highest BCUT2D eigenvalue weighted by molar-refractivity contribution is 7.99. The van der Waals surface area contributed by atoms with E-state index in [-0.39, 0.29) is 11.7 Å². The summed E-state index contributed by atoms with van der Waals surface area (Å²) in [7, 11) is 0. The Balaban J connectivity index is 1.67. The summed E-state index contributed by atoms with van der Waals surface area (Å²) in [6.07, 6.45) is -0.241. The Bertz CT molecular complexity index is 1000. The number of nitrogens with zero attached hydrogens (tertiary/aromatic N) is 4. The van der Waals surface area contributed by atoms with E-state index in [0.29, 0.717) is 33.6 Å². The first-order chi connectivity index (χ1) is 12.9. The van der Waals surface area contributed by atoms with Crippen LogP contribution in [-0.2, 0) is 6.54 Å². The topological polar surface area (TPSA) is 95.6 Å². The van der Waals surface area contributed by atoms with Crippen molar-refractivity contribution in [3.05, 3.63) is 51.8 Å². The van der Waals surface area contributed by atoms with Gasteiger partial charge in [0.2, 0.25) is 5.65 Å². The van der Waals surface area contributed by atoms with Crippen molar-refractivity contribution in [1.29, 1.82) is 0 Å². The third-order valence-corrected chi connectivity index (χ3v) is 6.05. The molecule has 0 bridgehead atoms. The van der Waals surface area contributed by atoms with Gasteiger partial charge in [-0.3, -0.25) is 4.40 Å². The summed E-state index contributed by atoms with van der Waals surface area (Å²) >= 11 is 13.4. The van der Waals surface area contributed by atoms with E-state index in [1.807, 2.05) is 0 Å². The number of anilines is 1. The summed E-state index contributed by atoms with van der Waals surface area (Å²) in [5, 5.41) is 31.4.